The van der Waals surface area contributed by atoms with E-state index in [1.807, 2.05) is 36.4 Å². The first-order valence-corrected chi connectivity index (χ1v) is 10.9. The smallest absolute Gasteiger partial charge is 0.260 e. The Kier molecular flexibility index (Phi) is 5.42. The summed E-state index contributed by atoms with van der Waals surface area (Å²) in [6.45, 7) is 4.41. The molecule has 2 aromatic rings. The van der Waals surface area contributed by atoms with Crippen LogP contribution in [0.5, 0.6) is 0 Å². The Morgan fingerprint density at radius 1 is 1.00 bits per heavy atom. The molecule has 160 valence electrons. The lowest BCUT2D eigenvalue weighted by molar-refractivity contribution is 0.275. The molecule has 7 heteroatoms. The van der Waals surface area contributed by atoms with Gasteiger partial charge in [0.05, 0.1) is 23.3 Å². The third-order valence-corrected chi connectivity index (χ3v) is 6.05. The largest absolute Gasteiger partial charge is 0.370 e. The molecule has 0 atom stereocenters. The average Bonchev–Trinajstić information content (AvgIpc) is 3.10. The quantitative estimate of drug-likeness (QED) is 0.515. The molecular weight excluding hydrogens is 393 g/mol. The fourth-order valence-electron chi connectivity index (χ4n) is 4.46. The number of benzene rings is 1. The van der Waals surface area contributed by atoms with E-state index in [0.29, 0.717) is 17.8 Å². The van der Waals surface area contributed by atoms with E-state index < -0.39 is 0 Å². The maximum Gasteiger partial charge on any atom is 0.260 e. The Labute approximate surface area is 180 Å². The lowest BCUT2D eigenvalue weighted by atomic mass is 10.1. The molecule has 2 N–H and O–H groups in total. The standard InChI is InChI=1S/C24H26FN5O/c25-10-4-11-29-12-5-13-30(15-14-29)17-8-9-20-21(16-17)27-23(26-20)22-18-6-2-1-3-7-19(18)28-24(22)31/h1-3,6-9,16H,4-5,10-15H2,(H,26,27)(H,28,31). The molecule has 31 heavy (non-hydrogen) atoms. The summed E-state index contributed by atoms with van der Waals surface area (Å²) >= 11 is 0. The number of rotatable bonds is 5. The normalized spacial score (nSPS) is 15.6. The van der Waals surface area contributed by atoms with Crippen LogP contribution in [0.4, 0.5) is 10.1 Å². The highest BCUT2D eigenvalue weighted by Gasteiger charge is 2.20. The summed E-state index contributed by atoms with van der Waals surface area (Å²) in [5.74, 6) is 0.586. The molecule has 1 aliphatic carbocycles. The monoisotopic (exact) mass is 419 g/mol. The molecule has 1 aromatic heterocycles. The number of anilines is 1. The fraction of sp³-hybridized carbons (Fsp3) is 0.333. The Morgan fingerprint density at radius 2 is 1.90 bits per heavy atom. The van der Waals surface area contributed by atoms with E-state index >= 15 is 0 Å². The number of nitrogens with one attached hydrogen (secondary N) is 2. The summed E-state index contributed by atoms with van der Waals surface area (Å²) in [5.41, 5.74) is 4.98. The predicted molar refractivity (Wildman–Crippen MR) is 123 cm³/mol. The number of aromatic nitrogens is 3. The SMILES string of the molecule is O=c1[nH]c2cccccc-2c1-c1nc2cc(N3CCCN(CCCF)CC3)ccc2[nH]1. The molecule has 0 saturated carbocycles. The molecule has 1 aromatic carbocycles. The van der Waals surface area contributed by atoms with Gasteiger partial charge in [-0.15, -0.1) is 0 Å². The maximum absolute atomic E-state index is 12.6. The highest BCUT2D eigenvalue weighted by molar-refractivity contribution is 5.87. The molecule has 3 heterocycles. The zero-order valence-electron chi connectivity index (χ0n) is 17.4. The first-order valence-electron chi connectivity index (χ1n) is 10.9. The van der Waals surface area contributed by atoms with Crippen LogP contribution >= 0.6 is 0 Å². The summed E-state index contributed by atoms with van der Waals surface area (Å²) in [4.78, 5) is 28.4. The summed E-state index contributed by atoms with van der Waals surface area (Å²) in [5, 5.41) is 0. The van der Waals surface area contributed by atoms with Crippen molar-refractivity contribution in [3.63, 3.8) is 0 Å². The molecule has 1 saturated heterocycles. The Morgan fingerprint density at radius 3 is 2.81 bits per heavy atom. The molecule has 3 aliphatic rings. The van der Waals surface area contributed by atoms with Gasteiger partial charge in [0.25, 0.3) is 5.56 Å². The van der Waals surface area contributed by atoms with E-state index in [9.17, 15) is 9.18 Å². The van der Waals surface area contributed by atoms with E-state index in [2.05, 4.69) is 31.9 Å². The van der Waals surface area contributed by atoms with E-state index in [1.54, 1.807) is 0 Å². The van der Waals surface area contributed by atoms with Crippen LogP contribution in [0.3, 0.4) is 0 Å². The van der Waals surface area contributed by atoms with Gasteiger partial charge >= 0.3 is 0 Å². The first-order chi connectivity index (χ1) is 15.2. The van der Waals surface area contributed by atoms with Crippen molar-refractivity contribution >= 4 is 16.7 Å². The molecule has 0 radical (unpaired) electrons. The third kappa shape index (κ3) is 3.93. The highest BCUT2D eigenvalue weighted by atomic mass is 19.1. The van der Waals surface area contributed by atoms with E-state index in [1.165, 1.54) is 0 Å². The van der Waals surface area contributed by atoms with Crippen LogP contribution < -0.4 is 10.5 Å². The Bertz CT molecular complexity index is 1220. The van der Waals surface area contributed by atoms with Crippen molar-refractivity contribution in [2.45, 2.75) is 12.8 Å². The summed E-state index contributed by atoms with van der Waals surface area (Å²) in [6, 6.07) is 15.8. The minimum atomic E-state index is -0.252. The van der Waals surface area contributed by atoms with Gasteiger partial charge in [0, 0.05) is 43.1 Å². The van der Waals surface area contributed by atoms with Gasteiger partial charge in [-0.25, -0.2) is 4.98 Å². The van der Waals surface area contributed by atoms with Crippen LogP contribution in [0.25, 0.3) is 33.7 Å². The molecule has 0 amide bonds. The van der Waals surface area contributed by atoms with Crippen molar-refractivity contribution in [1.29, 1.82) is 0 Å². The molecule has 0 unspecified atom stereocenters. The molecule has 5 rings (SSSR count). The van der Waals surface area contributed by atoms with Gasteiger partial charge in [-0.05, 0) is 43.7 Å². The number of hydrogen-bond donors (Lipinski definition) is 2. The van der Waals surface area contributed by atoms with Crippen LogP contribution in [0.2, 0.25) is 0 Å². The van der Waals surface area contributed by atoms with Gasteiger partial charge in [-0.2, -0.15) is 0 Å². The van der Waals surface area contributed by atoms with Crippen molar-refractivity contribution in [2.24, 2.45) is 0 Å². The van der Waals surface area contributed by atoms with E-state index in [-0.39, 0.29) is 12.2 Å². The van der Waals surface area contributed by atoms with Crippen molar-refractivity contribution in [1.82, 2.24) is 19.9 Å². The first kappa shape index (κ1) is 19.8. The van der Waals surface area contributed by atoms with Crippen LogP contribution in [-0.2, 0) is 0 Å². The summed E-state index contributed by atoms with van der Waals surface area (Å²) in [6.07, 6.45) is 1.66. The predicted octanol–water partition coefficient (Wildman–Crippen LogP) is 3.89. The second-order valence-electron chi connectivity index (χ2n) is 8.08. The van der Waals surface area contributed by atoms with E-state index in [4.69, 9.17) is 4.98 Å². The number of fused-ring (bicyclic) bond motifs is 2. The Balaban J connectivity index is 1.43. The molecule has 0 bridgehead atoms. The number of alkyl halides is 1. The van der Waals surface area contributed by atoms with Gasteiger partial charge in [-0.1, -0.05) is 24.3 Å². The maximum atomic E-state index is 12.6. The molecular formula is C24H26FN5O. The van der Waals surface area contributed by atoms with Crippen molar-refractivity contribution in [2.75, 3.05) is 44.3 Å². The topological polar surface area (TPSA) is 68.0 Å². The van der Waals surface area contributed by atoms with Crippen LogP contribution in [0.15, 0.2) is 53.3 Å². The summed E-state index contributed by atoms with van der Waals surface area (Å²) < 4.78 is 12.5. The second kappa shape index (κ2) is 8.51. The van der Waals surface area contributed by atoms with Gasteiger partial charge in [0.2, 0.25) is 0 Å². The number of imidazole rings is 1. The zero-order valence-corrected chi connectivity index (χ0v) is 17.4. The minimum absolute atomic E-state index is 0.138. The fourth-order valence-corrected chi connectivity index (χ4v) is 4.46. The van der Waals surface area contributed by atoms with Gasteiger partial charge in [0.15, 0.2) is 0 Å². The van der Waals surface area contributed by atoms with Gasteiger partial charge < -0.3 is 19.8 Å². The van der Waals surface area contributed by atoms with Gasteiger partial charge in [-0.3, -0.25) is 9.18 Å². The van der Waals surface area contributed by atoms with Gasteiger partial charge in [0.1, 0.15) is 5.82 Å². The number of nitrogens with zero attached hydrogens (tertiary/aromatic N) is 3. The molecule has 1 fully saturated rings. The molecule has 0 spiro atoms. The number of halogens is 1. The van der Waals surface area contributed by atoms with Crippen molar-refractivity contribution in [3.8, 4) is 22.6 Å². The lowest BCUT2D eigenvalue weighted by Gasteiger charge is -2.23. The zero-order chi connectivity index (χ0) is 21.2. The lowest BCUT2D eigenvalue weighted by Crippen LogP contribution is -2.31. The van der Waals surface area contributed by atoms with Crippen molar-refractivity contribution in [3.05, 3.63) is 58.9 Å². The Hall–Kier alpha value is -3.19. The van der Waals surface area contributed by atoms with Crippen molar-refractivity contribution < 1.29 is 4.39 Å². The molecule has 2 aliphatic heterocycles. The molecule has 6 nitrogen and oxygen atoms in total. The van der Waals surface area contributed by atoms with Crippen LogP contribution in [0, 0.1) is 0 Å². The average molecular weight is 420 g/mol. The highest BCUT2D eigenvalue weighted by Crippen LogP contribution is 2.30. The third-order valence-electron chi connectivity index (χ3n) is 6.05. The van der Waals surface area contributed by atoms with Crippen LogP contribution in [-0.4, -0.2) is 59.3 Å². The second-order valence-corrected chi connectivity index (χ2v) is 8.08. The number of hydrogen-bond acceptors (Lipinski definition) is 4. The minimum Gasteiger partial charge on any atom is -0.370 e. The van der Waals surface area contributed by atoms with E-state index in [0.717, 1.165) is 67.1 Å². The summed E-state index contributed by atoms with van der Waals surface area (Å²) in [7, 11) is 0. The van der Waals surface area contributed by atoms with Crippen LogP contribution in [0.1, 0.15) is 12.8 Å². The number of aromatic amines is 2. The number of H-pyrrole nitrogens is 2.